The van der Waals surface area contributed by atoms with Crippen LogP contribution >= 0.6 is 11.6 Å². The van der Waals surface area contributed by atoms with E-state index in [-0.39, 0.29) is 0 Å². The highest BCUT2D eigenvalue weighted by atomic mass is 35.5. The lowest BCUT2D eigenvalue weighted by molar-refractivity contribution is 0.0187. The van der Waals surface area contributed by atoms with Gasteiger partial charge in [0.2, 0.25) is 0 Å². The smallest absolute Gasteiger partial charge is 0.0468 e. The highest BCUT2D eigenvalue weighted by molar-refractivity contribution is 6.20. The molecule has 2 heteroatoms. The minimum Gasteiger partial charge on any atom is -0.381 e. The van der Waals surface area contributed by atoms with E-state index >= 15 is 0 Å². The molecule has 1 saturated carbocycles. The number of hydrogen-bond acceptors (Lipinski definition) is 1. The average molecular weight is 203 g/mol. The van der Waals surface area contributed by atoms with Crippen molar-refractivity contribution in [2.24, 2.45) is 11.3 Å². The monoisotopic (exact) mass is 202 g/mol. The van der Waals surface area contributed by atoms with Crippen molar-refractivity contribution in [1.29, 1.82) is 0 Å². The predicted octanol–water partition coefficient (Wildman–Crippen LogP) is 3.21. The van der Waals surface area contributed by atoms with Crippen LogP contribution in [-0.4, -0.2) is 18.6 Å². The number of halogens is 1. The maximum Gasteiger partial charge on any atom is 0.0468 e. The van der Waals surface area contributed by atoms with Gasteiger partial charge in [0.25, 0.3) is 0 Å². The second-order valence-electron chi connectivity index (χ2n) is 4.88. The van der Waals surface area contributed by atoms with Crippen molar-refractivity contribution in [3.8, 4) is 0 Å². The van der Waals surface area contributed by atoms with Gasteiger partial charge in [-0.2, -0.15) is 0 Å². The van der Waals surface area contributed by atoms with Crippen LogP contribution in [0.2, 0.25) is 0 Å². The largest absolute Gasteiger partial charge is 0.381 e. The first-order valence-corrected chi connectivity index (χ1v) is 5.86. The standard InChI is InChI=1S/C11H19ClO/c1-11(5-2-10(12)8-11)9-3-6-13-7-4-9/h9-10H,2-8H2,1H3. The second kappa shape index (κ2) is 3.78. The summed E-state index contributed by atoms with van der Waals surface area (Å²) in [5.74, 6) is 0.866. The zero-order valence-corrected chi connectivity index (χ0v) is 9.15. The molecule has 0 amide bonds. The van der Waals surface area contributed by atoms with Gasteiger partial charge in [-0.15, -0.1) is 11.6 Å². The van der Waals surface area contributed by atoms with Crippen LogP contribution in [0.15, 0.2) is 0 Å². The van der Waals surface area contributed by atoms with Gasteiger partial charge in [-0.25, -0.2) is 0 Å². The van der Waals surface area contributed by atoms with Crippen molar-refractivity contribution in [2.75, 3.05) is 13.2 Å². The third-order valence-corrected chi connectivity index (χ3v) is 4.30. The Hall–Kier alpha value is 0.250. The summed E-state index contributed by atoms with van der Waals surface area (Å²) in [7, 11) is 0. The SMILES string of the molecule is CC1(C2CCOCC2)CCC(Cl)C1. The van der Waals surface area contributed by atoms with E-state index in [9.17, 15) is 0 Å². The molecule has 0 aromatic rings. The zero-order valence-electron chi connectivity index (χ0n) is 8.39. The van der Waals surface area contributed by atoms with Crippen LogP contribution in [0.5, 0.6) is 0 Å². The molecule has 1 aliphatic heterocycles. The zero-order chi connectivity index (χ0) is 9.31. The van der Waals surface area contributed by atoms with Crippen LogP contribution < -0.4 is 0 Å². The number of rotatable bonds is 1. The maximum absolute atomic E-state index is 6.18. The van der Waals surface area contributed by atoms with Crippen LogP contribution in [0.25, 0.3) is 0 Å². The lowest BCUT2D eigenvalue weighted by Crippen LogP contribution is -2.30. The molecule has 2 fully saturated rings. The van der Waals surface area contributed by atoms with Crippen molar-refractivity contribution in [3.05, 3.63) is 0 Å². The van der Waals surface area contributed by atoms with Crippen LogP contribution in [0.4, 0.5) is 0 Å². The molecule has 0 radical (unpaired) electrons. The normalized spacial score (nSPS) is 42.5. The highest BCUT2D eigenvalue weighted by Gasteiger charge is 2.40. The Kier molecular flexibility index (Phi) is 2.85. The second-order valence-corrected chi connectivity index (χ2v) is 5.50. The molecule has 2 unspecified atom stereocenters. The van der Waals surface area contributed by atoms with Crippen molar-refractivity contribution in [3.63, 3.8) is 0 Å². The molecule has 1 saturated heterocycles. The van der Waals surface area contributed by atoms with Crippen LogP contribution in [0, 0.1) is 11.3 Å². The Morgan fingerprint density at radius 2 is 1.92 bits per heavy atom. The molecule has 76 valence electrons. The number of hydrogen-bond donors (Lipinski definition) is 0. The predicted molar refractivity (Wildman–Crippen MR) is 55.1 cm³/mol. The van der Waals surface area contributed by atoms with Gasteiger partial charge in [0.05, 0.1) is 0 Å². The lowest BCUT2D eigenvalue weighted by atomic mass is 9.72. The molecule has 0 bridgehead atoms. The van der Waals surface area contributed by atoms with E-state index in [1.165, 1.54) is 32.1 Å². The molecule has 2 atom stereocenters. The van der Waals surface area contributed by atoms with Crippen LogP contribution in [0.1, 0.15) is 39.0 Å². The topological polar surface area (TPSA) is 9.23 Å². The molecule has 1 nitrogen and oxygen atoms in total. The summed E-state index contributed by atoms with van der Waals surface area (Å²) >= 11 is 6.18. The highest BCUT2D eigenvalue weighted by Crippen LogP contribution is 2.48. The van der Waals surface area contributed by atoms with Crippen molar-refractivity contribution < 1.29 is 4.74 Å². The van der Waals surface area contributed by atoms with Gasteiger partial charge < -0.3 is 4.74 Å². The minimum absolute atomic E-state index is 0.438. The van der Waals surface area contributed by atoms with Gasteiger partial charge in [-0.1, -0.05) is 6.92 Å². The molecule has 13 heavy (non-hydrogen) atoms. The first-order chi connectivity index (χ1) is 6.21. The molecular formula is C11H19ClO. The fourth-order valence-corrected chi connectivity index (χ4v) is 3.42. The van der Waals surface area contributed by atoms with E-state index in [2.05, 4.69) is 6.92 Å². The molecule has 2 rings (SSSR count). The fraction of sp³-hybridized carbons (Fsp3) is 1.00. The third kappa shape index (κ3) is 2.02. The minimum atomic E-state index is 0.438. The van der Waals surface area contributed by atoms with E-state index in [0.29, 0.717) is 10.8 Å². The first kappa shape index (κ1) is 9.79. The van der Waals surface area contributed by atoms with Gasteiger partial charge in [0, 0.05) is 18.6 Å². The first-order valence-electron chi connectivity index (χ1n) is 5.42. The van der Waals surface area contributed by atoms with E-state index < -0.39 is 0 Å². The van der Waals surface area contributed by atoms with Gasteiger partial charge in [-0.3, -0.25) is 0 Å². The fourth-order valence-electron chi connectivity index (χ4n) is 2.96. The molecule has 2 aliphatic rings. The van der Waals surface area contributed by atoms with Crippen molar-refractivity contribution in [2.45, 2.75) is 44.4 Å². The Balaban J connectivity index is 1.97. The van der Waals surface area contributed by atoms with Gasteiger partial charge >= 0.3 is 0 Å². The molecule has 1 aliphatic carbocycles. The summed E-state index contributed by atoms with van der Waals surface area (Å²) in [6.45, 7) is 4.35. The van der Waals surface area contributed by atoms with Gasteiger partial charge in [-0.05, 0) is 43.4 Å². The van der Waals surface area contributed by atoms with Crippen molar-refractivity contribution in [1.82, 2.24) is 0 Å². The van der Waals surface area contributed by atoms with E-state index in [1.54, 1.807) is 0 Å². The van der Waals surface area contributed by atoms with Gasteiger partial charge in [0.15, 0.2) is 0 Å². The van der Waals surface area contributed by atoms with E-state index in [4.69, 9.17) is 16.3 Å². The van der Waals surface area contributed by atoms with Crippen LogP contribution in [0.3, 0.4) is 0 Å². The summed E-state index contributed by atoms with van der Waals surface area (Å²) in [6.07, 6.45) is 6.26. The molecule has 1 heterocycles. The molecule has 0 aromatic heterocycles. The lowest BCUT2D eigenvalue weighted by Gasteiger charge is -2.36. The number of alkyl halides is 1. The summed E-state index contributed by atoms with van der Waals surface area (Å²) in [5.41, 5.74) is 0.524. The summed E-state index contributed by atoms with van der Waals surface area (Å²) < 4.78 is 5.40. The average Bonchev–Trinajstić information content (AvgIpc) is 2.49. The van der Waals surface area contributed by atoms with Crippen molar-refractivity contribution >= 4 is 11.6 Å². The molecule has 0 aromatic carbocycles. The van der Waals surface area contributed by atoms with Gasteiger partial charge in [0.1, 0.15) is 0 Å². The Morgan fingerprint density at radius 3 is 2.46 bits per heavy atom. The van der Waals surface area contributed by atoms with Crippen LogP contribution in [-0.2, 0) is 4.74 Å². The summed E-state index contributed by atoms with van der Waals surface area (Å²) in [6, 6.07) is 0. The van der Waals surface area contributed by atoms with E-state index in [0.717, 1.165) is 19.1 Å². The summed E-state index contributed by atoms with van der Waals surface area (Å²) in [5, 5.41) is 0.438. The Morgan fingerprint density at radius 1 is 1.23 bits per heavy atom. The van der Waals surface area contributed by atoms with E-state index in [1.807, 2.05) is 0 Å². The number of ether oxygens (including phenoxy) is 1. The maximum atomic E-state index is 6.18. The molecule has 0 spiro atoms. The Bertz CT molecular complexity index is 177. The molecule has 0 N–H and O–H groups in total. The Labute approximate surface area is 85.8 Å². The summed E-state index contributed by atoms with van der Waals surface area (Å²) in [4.78, 5) is 0. The quantitative estimate of drug-likeness (QED) is 0.594. The molecular weight excluding hydrogens is 184 g/mol. The third-order valence-electron chi connectivity index (χ3n) is 3.92.